The molecule has 1 amide bonds. The van der Waals surface area contributed by atoms with E-state index in [-0.39, 0.29) is 5.91 Å². The number of carbonyl (C=O) groups excluding carboxylic acids is 1. The highest BCUT2D eigenvalue weighted by Crippen LogP contribution is 2.18. The van der Waals surface area contributed by atoms with Gasteiger partial charge in [-0.3, -0.25) is 4.79 Å². The molecule has 3 nitrogen and oxygen atoms in total. The molecule has 0 bridgehead atoms. The SMILES string of the molecule is CCC(C)(CN)C(=O)NCCc1cccc(C)c1. The topological polar surface area (TPSA) is 55.1 Å². The van der Waals surface area contributed by atoms with Crippen LogP contribution in [0.1, 0.15) is 31.4 Å². The monoisotopic (exact) mass is 248 g/mol. The summed E-state index contributed by atoms with van der Waals surface area (Å²) in [7, 11) is 0. The summed E-state index contributed by atoms with van der Waals surface area (Å²) in [5, 5.41) is 2.97. The first-order chi connectivity index (χ1) is 8.51. The molecule has 0 aromatic heterocycles. The summed E-state index contributed by atoms with van der Waals surface area (Å²) >= 11 is 0. The average Bonchev–Trinajstić information content (AvgIpc) is 2.37. The molecule has 0 aliphatic heterocycles. The number of nitrogens with two attached hydrogens (primary N) is 1. The second-order valence-electron chi connectivity index (χ2n) is 5.11. The molecule has 1 unspecified atom stereocenters. The summed E-state index contributed by atoms with van der Waals surface area (Å²) in [6, 6.07) is 8.35. The van der Waals surface area contributed by atoms with Crippen LogP contribution >= 0.6 is 0 Å². The molecule has 0 radical (unpaired) electrons. The fourth-order valence-corrected chi connectivity index (χ4v) is 1.80. The Labute approximate surface area is 110 Å². The van der Waals surface area contributed by atoms with Gasteiger partial charge in [0.15, 0.2) is 0 Å². The Bertz CT molecular complexity index is 397. The number of carbonyl (C=O) groups is 1. The molecular formula is C15H24N2O. The lowest BCUT2D eigenvalue weighted by Gasteiger charge is -2.24. The number of amides is 1. The smallest absolute Gasteiger partial charge is 0.227 e. The normalized spacial score (nSPS) is 14.0. The summed E-state index contributed by atoms with van der Waals surface area (Å²) in [5.74, 6) is 0.0557. The van der Waals surface area contributed by atoms with E-state index in [0.29, 0.717) is 13.1 Å². The number of aryl methyl sites for hydroxylation is 1. The molecule has 0 saturated heterocycles. The summed E-state index contributed by atoms with van der Waals surface area (Å²) < 4.78 is 0. The summed E-state index contributed by atoms with van der Waals surface area (Å²) in [6.45, 7) is 7.03. The van der Waals surface area contributed by atoms with Gasteiger partial charge < -0.3 is 11.1 Å². The van der Waals surface area contributed by atoms with E-state index >= 15 is 0 Å². The lowest BCUT2D eigenvalue weighted by atomic mass is 9.86. The van der Waals surface area contributed by atoms with Gasteiger partial charge in [-0.05, 0) is 32.3 Å². The van der Waals surface area contributed by atoms with Gasteiger partial charge in [-0.1, -0.05) is 36.8 Å². The lowest BCUT2D eigenvalue weighted by molar-refractivity contribution is -0.129. The van der Waals surface area contributed by atoms with E-state index in [0.717, 1.165) is 12.8 Å². The van der Waals surface area contributed by atoms with E-state index in [4.69, 9.17) is 5.73 Å². The number of hydrogen-bond donors (Lipinski definition) is 2. The zero-order valence-electron chi connectivity index (χ0n) is 11.6. The van der Waals surface area contributed by atoms with Gasteiger partial charge in [-0.25, -0.2) is 0 Å². The third-order valence-electron chi connectivity index (χ3n) is 3.56. The van der Waals surface area contributed by atoms with Crippen LogP contribution in [0.4, 0.5) is 0 Å². The Morgan fingerprint density at radius 1 is 1.44 bits per heavy atom. The van der Waals surface area contributed by atoms with E-state index in [1.165, 1.54) is 11.1 Å². The van der Waals surface area contributed by atoms with Crippen LogP contribution in [-0.4, -0.2) is 19.0 Å². The van der Waals surface area contributed by atoms with Crippen LogP contribution in [0.25, 0.3) is 0 Å². The first-order valence-electron chi connectivity index (χ1n) is 6.56. The minimum Gasteiger partial charge on any atom is -0.355 e. The molecule has 0 saturated carbocycles. The van der Waals surface area contributed by atoms with Gasteiger partial charge in [0, 0.05) is 13.1 Å². The van der Waals surface area contributed by atoms with Crippen molar-refractivity contribution >= 4 is 5.91 Å². The predicted octanol–water partition coefficient (Wildman–Crippen LogP) is 2.03. The maximum Gasteiger partial charge on any atom is 0.227 e. The highest BCUT2D eigenvalue weighted by molar-refractivity contribution is 5.82. The number of benzene rings is 1. The van der Waals surface area contributed by atoms with Gasteiger partial charge in [0.05, 0.1) is 5.41 Å². The highest BCUT2D eigenvalue weighted by Gasteiger charge is 2.28. The molecule has 3 heteroatoms. The minimum atomic E-state index is -0.438. The predicted molar refractivity (Wildman–Crippen MR) is 75.3 cm³/mol. The van der Waals surface area contributed by atoms with E-state index < -0.39 is 5.41 Å². The van der Waals surface area contributed by atoms with E-state index in [9.17, 15) is 4.79 Å². The standard InChI is InChI=1S/C15H24N2O/c1-4-15(3,11-16)14(18)17-9-8-13-7-5-6-12(2)10-13/h5-7,10H,4,8-9,11,16H2,1-3H3,(H,17,18). The molecule has 100 valence electrons. The first-order valence-corrected chi connectivity index (χ1v) is 6.56. The van der Waals surface area contributed by atoms with Gasteiger partial charge in [0.25, 0.3) is 0 Å². The van der Waals surface area contributed by atoms with Crippen molar-refractivity contribution in [3.63, 3.8) is 0 Å². The third-order valence-corrected chi connectivity index (χ3v) is 3.56. The molecule has 0 aliphatic rings. The number of nitrogens with one attached hydrogen (secondary N) is 1. The van der Waals surface area contributed by atoms with Crippen LogP contribution in [0.2, 0.25) is 0 Å². The fourth-order valence-electron chi connectivity index (χ4n) is 1.80. The molecule has 1 rings (SSSR count). The second kappa shape index (κ2) is 6.55. The van der Waals surface area contributed by atoms with Crippen LogP contribution < -0.4 is 11.1 Å². The van der Waals surface area contributed by atoms with E-state index in [1.54, 1.807) is 0 Å². The van der Waals surface area contributed by atoms with Crippen LogP contribution in [0.3, 0.4) is 0 Å². The molecule has 3 N–H and O–H groups in total. The average molecular weight is 248 g/mol. The first kappa shape index (κ1) is 14.7. The number of rotatable bonds is 6. The van der Waals surface area contributed by atoms with Crippen molar-refractivity contribution < 1.29 is 4.79 Å². The summed E-state index contributed by atoms with van der Waals surface area (Å²) in [5.41, 5.74) is 7.72. The molecule has 1 aromatic rings. The van der Waals surface area contributed by atoms with Gasteiger partial charge in [0.2, 0.25) is 5.91 Å². The van der Waals surface area contributed by atoms with Gasteiger partial charge in [-0.15, -0.1) is 0 Å². The Kier molecular flexibility index (Phi) is 5.35. The molecule has 0 spiro atoms. The van der Waals surface area contributed by atoms with E-state index in [2.05, 4.69) is 30.4 Å². The molecular weight excluding hydrogens is 224 g/mol. The van der Waals surface area contributed by atoms with Crippen molar-refractivity contribution in [2.45, 2.75) is 33.6 Å². The molecule has 1 aromatic carbocycles. The Morgan fingerprint density at radius 3 is 2.72 bits per heavy atom. The Morgan fingerprint density at radius 2 is 2.17 bits per heavy atom. The van der Waals surface area contributed by atoms with Gasteiger partial charge in [0.1, 0.15) is 0 Å². The maximum atomic E-state index is 12.0. The van der Waals surface area contributed by atoms with Crippen molar-refractivity contribution in [2.24, 2.45) is 11.1 Å². The second-order valence-corrected chi connectivity index (χ2v) is 5.11. The third kappa shape index (κ3) is 3.84. The Balaban J connectivity index is 2.45. The van der Waals surface area contributed by atoms with Gasteiger partial charge in [-0.2, -0.15) is 0 Å². The minimum absolute atomic E-state index is 0.0557. The van der Waals surface area contributed by atoms with Crippen LogP contribution in [0.5, 0.6) is 0 Å². The number of hydrogen-bond acceptors (Lipinski definition) is 2. The summed E-state index contributed by atoms with van der Waals surface area (Å²) in [4.78, 5) is 12.0. The van der Waals surface area contributed by atoms with Crippen LogP contribution in [0.15, 0.2) is 24.3 Å². The molecule has 0 heterocycles. The van der Waals surface area contributed by atoms with E-state index in [1.807, 2.05) is 19.9 Å². The lowest BCUT2D eigenvalue weighted by Crippen LogP contribution is -2.44. The van der Waals surface area contributed by atoms with Crippen molar-refractivity contribution in [2.75, 3.05) is 13.1 Å². The highest BCUT2D eigenvalue weighted by atomic mass is 16.2. The zero-order valence-corrected chi connectivity index (χ0v) is 11.6. The van der Waals surface area contributed by atoms with Crippen LogP contribution in [0, 0.1) is 12.3 Å². The zero-order chi connectivity index (χ0) is 13.6. The molecule has 0 aliphatic carbocycles. The quantitative estimate of drug-likeness (QED) is 0.809. The van der Waals surface area contributed by atoms with Crippen molar-refractivity contribution in [1.29, 1.82) is 0 Å². The molecule has 0 fully saturated rings. The maximum absolute atomic E-state index is 12.0. The van der Waals surface area contributed by atoms with Crippen molar-refractivity contribution in [1.82, 2.24) is 5.32 Å². The molecule has 18 heavy (non-hydrogen) atoms. The Hall–Kier alpha value is -1.35. The summed E-state index contributed by atoms with van der Waals surface area (Å²) in [6.07, 6.45) is 1.62. The fraction of sp³-hybridized carbons (Fsp3) is 0.533. The van der Waals surface area contributed by atoms with Crippen molar-refractivity contribution in [3.8, 4) is 0 Å². The largest absolute Gasteiger partial charge is 0.355 e. The van der Waals surface area contributed by atoms with Gasteiger partial charge >= 0.3 is 0 Å². The van der Waals surface area contributed by atoms with Crippen molar-refractivity contribution in [3.05, 3.63) is 35.4 Å². The van der Waals surface area contributed by atoms with Crippen LogP contribution in [-0.2, 0) is 11.2 Å². The molecule has 1 atom stereocenters.